The van der Waals surface area contributed by atoms with E-state index < -0.39 is 0 Å². The zero-order valence-electron chi connectivity index (χ0n) is 20.4. The fourth-order valence-corrected chi connectivity index (χ4v) is 5.44. The van der Waals surface area contributed by atoms with Gasteiger partial charge in [-0.15, -0.1) is 0 Å². The molecule has 0 radical (unpaired) electrons. The number of aromatic nitrogens is 5. The molecule has 0 bridgehead atoms. The molecular formula is C26H26N8O2. The monoisotopic (exact) mass is 482 g/mol. The molecule has 36 heavy (non-hydrogen) atoms. The number of methoxy groups -OCH3 is 1. The first-order valence-electron chi connectivity index (χ1n) is 11.8. The second-order valence-corrected chi connectivity index (χ2v) is 9.27. The maximum Gasteiger partial charge on any atom is 0.164 e. The lowest BCUT2D eigenvalue weighted by molar-refractivity contribution is -0.0132. The molecule has 1 saturated heterocycles. The van der Waals surface area contributed by atoms with E-state index in [1.807, 2.05) is 17.7 Å². The molecule has 4 aromatic heterocycles. The van der Waals surface area contributed by atoms with E-state index in [0.717, 1.165) is 49.3 Å². The van der Waals surface area contributed by atoms with Crippen LogP contribution in [0.3, 0.4) is 0 Å². The van der Waals surface area contributed by atoms with E-state index in [-0.39, 0.29) is 11.2 Å². The zero-order valence-corrected chi connectivity index (χ0v) is 20.4. The summed E-state index contributed by atoms with van der Waals surface area (Å²) < 4.78 is 13.2. The van der Waals surface area contributed by atoms with Crippen LogP contribution in [0.15, 0.2) is 36.9 Å². The minimum absolute atomic E-state index is 0.0100. The highest BCUT2D eigenvalue weighted by Gasteiger charge is 2.44. The van der Waals surface area contributed by atoms with Crippen molar-refractivity contribution in [2.24, 2.45) is 7.05 Å². The first kappa shape index (κ1) is 22.4. The van der Waals surface area contributed by atoms with Gasteiger partial charge in [-0.25, -0.2) is 15.0 Å². The molecular weight excluding hydrogens is 456 g/mol. The van der Waals surface area contributed by atoms with E-state index in [1.54, 1.807) is 31.9 Å². The first-order chi connectivity index (χ1) is 17.5. The Morgan fingerprint density at radius 2 is 2.00 bits per heavy atom. The first-order valence-corrected chi connectivity index (χ1v) is 11.8. The van der Waals surface area contributed by atoms with Crippen molar-refractivity contribution in [1.82, 2.24) is 29.4 Å². The average Bonchev–Trinajstić information content (AvgIpc) is 3.41. The summed E-state index contributed by atoms with van der Waals surface area (Å²) in [7, 11) is 5.64. The molecule has 4 aromatic rings. The summed E-state index contributed by atoms with van der Waals surface area (Å²) in [6.45, 7) is 2.29. The van der Waals surface area contributed by atoms with Crippen molar-refractivity contribution in [2.75, 3.05) is 32.7 Å². The third-order valence-corrected chi connectivity index (χ3v) is 7.38. The minimum atomic E-state index is -0.0100. The number of hydrogen-bond donors (Lipinski definition) is 1. The summed E-state index contributed by atoms with van der Waals surface area (Å²) in [6.07, 6.45) is 7.10. The molecule has 0 amide bonds. The molecule has 0 aromatic carbocycles. The molecule has 0 aliphatic carbocycles. The van der Waals surface area contributed by atoms with Crippen molar-refractivity contribution >= 4 is 22.5 Å². The molecule has 2 aliphatic heterocycles. The van der Waals surface area contributed by atoms with Crippen LogP contribution < -0.4 is 10.1 Å². The number of fused-ring (bicyclic) bond motifs is 3. The van der Waals surface area contributed by atoms with E-state index in [0.29, 0.717) is 28.5 Å². The summed E-state index contributed by atoms with van der Waals surface area (Å²) in [6, 6.07) is 8.11. The van der Waals surface area contributed by atoms with Gasteiger partial charge in [-0.3, -0.25) is 9.88 Å². The van der Waals surface area contributed by atoms with E-state index in [4.69, 9.17) is 14.5 Å². The third-order valence-electron chi connectivity index (χ3n) is 7.38. The third kappa shape index (κ3) is 3.39. The number of nitrogens with one attached hydrogen (secondary N) is 1. The van der Waals surface area contributed by atoms with Gasteiger partial charge < -0.3 is 19.4 Å². The quantitative estimate of drug-likeness (QED) is 0.467. The van der Waals surface area contributed by atoms with Crippen molar-refractivity contribution < 1.29 is 9.47 Å². The topological polar surface area (TPSA) is 114 Å². The van der Waals surface area contributed by atoms with Gasteiger partial charge in [-0.1, -0.05) is 6.07 Å². The van der Waals surface area contributed by atoms with Crippen LogP contribution in [-0.4, -0.2) is 56.8 Å². The van der Waals surface area contributed by atoms with Gasteiger partial charge in [0.2, 0.25) is 0 Å². The van der Waals surface area contributed by atoms with Gasteiger partial charge in [-0.05, 0) is 31.5 Å². The van der Waals surface area contributed by atoms with Crippen LogP contribution in [0.1, 0.15) is 29.8 Å². The van der Waals surface area contributed by atoms with Gasteiger partial charge >= 0.3 is 0 Å². The number of imidazole rings is 1. The van der Waals surface area contributed by atoms with Crippen LogP contribution in [-0.2, 0) is 23.9 Å². The SMILES string of the molecule is COc1cc(Nc2ccc3c(n2)CN(C)C32CCOCC2)c(C#N)nc1-c1cncc2c1ncn2C. The van der Waals surface area contributed by atoms with Gasteiger partial charge in [-0.2, -0.15) is 5.26 Å². The number of anilines is 2. The van der Waals surface area contributed by atoms with Gasteiger partial charge in [0.1, 0.15) is 28.8 Å². The lowest BCUT2D eigenvalue weighted by atomic mass is 9.84. The summed E-state index contributed by atoms with van der Waals surface area (Å²) >= 11 is 0. The van der Waals surface area contributed by atoms with Crippen molar-refractivity contribution in [2.45, 2.75) is 24.9 Å². The van der Waals surface area contributed by atoms with Gasteiger partial charge in [0, 0.05) is 39.1 Å². The largest absolute Gasteiger partial charge is 0.494 e. The summed E-state index contributed by atoms with van der Waals surface area (Å²) in [5.74, 6) is 1.17. The smallest absolute Gasteiger partial charge is 0.164 e. The zero-order chi connectivity index (χ0) is 24.9. The highest BCUT2D eigenvalue weighted by molar-refractivity contribution is 5.92. The molecule has 1 N–H and O–H groups in total. The predicted molar refractivity (Wildman–Crippen MR) is 134 cm³/mol. The fraction of sp³-hybridized carbons (Fsp3) is 0.346. The molecule has 6 rings (SSSR count). The lowest BCUT2D eigenvalue weighted by Gasteiger charge is -2.40. The number of ether oxygens (including phenoxy) is 2. The Morgan fingerprint density at radius 1 is 1.17 bits per heavy atom. The normalized spacial score (nSPS) is 16.7. The van der Waals surface area contributed by atoms with Crippen LogP contribution in [0.5, 0.6) is 5.75 Å². The second kappa shape index (κ2) is 8.55. The maximum absolute atomic E-state index is 9.94. The Labute approximate surface area is 208 Å². The average molecular weight is 483 g/mol. The van der Waals surface area contributed by atoms with Crippen molar-refractivity contribution in [3.8, 4) is 23.1 Å². The van der Waals surface area contributed by atoms with Crippen LogP contribution >= 0.6 is 0 Å². The molecule has 0 saturated carbocycles. The van der Waals surface area contributed by atoms with Crippen LogP contribution in [0, 0.1) is 11.3 Å². The summed E-state index contributed by atoms with van der Waals surface area (Å²) in [4.78, 5) is 20.8. The summed E-state index contributed by atoms with van der Waals surface area (Å²) in [5, 5.41) is 13.2. The molecule has 10 heteroatoms. The molecule has 0 unspecified atom stereocenters. The van der Waals surface area contributed by atoms with E-state index in [1.165, 1.54) is 5.56 Å². The van der Waals surface area contributed by atoms with E-state index in [2.05, 4.69) is 44.4 Å². The minimum Gasteiger partial charge on any atom is -0.494 e. The Kier molecular flexibility index (Phi) is 5.32. The number of pyridine rings is 3. The van der Waals surface area contributed by atoms with Crippen LogP contribution in [0.25, 0.3) is 22.3 Å². The molecule has 6 heterocycles. The van der Waals surface area contributed by atoms with Gasteiger partial charge in [0.15, 0.2) is 5.69 Å². The molecule has 1 spiro atoms. The number of nitrogens with zero attached hydrogens (tertiary/aromatic N) is 7. The molecule has 1 fully saturated rings. The Balaban J connectivity index is 1.37. The number of rotatable bonds is 4. The van der Waals surface area contributed by atoms with Crippen molar-refractivity contribution in [3.63, 3.8) is 0 Å². The number of hydrogen-bond acceptors (Lipinski definition) is 9. The van der Waals surface area contributed by atoms with Gasteiger partial charge in [0.05, 0.1) is 47.6 Å². The molecule has 182 valence electrons. The second-order valence-electron chi connectivity index (χ2n) is 9.27. The summed E-state index contributed by atoms with van der Waals surface area (Å²) in [5.41, 5.74) is 5.90. The Hall–Kier alpha value is -4.07. The Bertz CT molecular complexity index is 1520. The predicted octanol–water partition coefficient (Wildman–Crippen LogP) is 3.50. The van der Waals surface area contributed by atoms with E-state index in [9.17, 15) is 5.26 Å². The Morgan fingerprint density at radius 3 is 2.78 bits per heavy atom. The molecule has 0 atom stereocenters. The van der Waals surface area contributed by atoms with E-state index >= 15 is 0 Å². The highest BCUT2D eigenvalue weighted by Crippen LogP contribution is 2.45. The van der Waals surface area contributed by atoms with Gasteiger partial charge in [0.25, 0.3) is 0 Å². The van der Waals surface area contributed by atoms with Crippen LogP contribution in [0.2, 0.25) is 0 Å². The molecule has 2 aliphatic rings. The van der Waals surface area contributed by atoms with Crippen molar-refractivity contribution in [1.29, 1.82) is 5.26 Å². The van der Waals surface area contributed by atoms with Crippen molar-refractivity contribution in [3.05, 3.63) is 53.9 Å². The molecule has 10 nitrogen and oxygen atoms in total. The maximum atomic E-state index is 9.94. The van der Waals surface area contributed by atoms with Crippen LogP contribution in [0.4, 0.5) is 11.5 Å². The fourth-order valence-electron chi connectivity index (χ4n) is 5.44. The standard InChI is InChI=1S/C26H26N8O2/c1-33-15-29-24-16(12-28-13-21(24)33)25-22(35-3)10-18(19(11-27)32-25)30-23-5-4-17-20(31-23)14-34(2)26(17)6-8-36-9-7-26/h4-5,10,12-13,15H,6-9,14H2,1-3H3,(H,30,31). The lowest BCUT2D eigenvalue weighted by Crippen LogP contribution is -2.43. The highest BCUT2D eigenvalue weighted by atomic mass is 16.5. The number of aryl methyl sites for hydroxylation is 1. The number of nitriles is 1.